The van der Waals surface area contributed by atoms with Gasteiger partial charge in [0.15, 0.2) is 0 Å². The summed E-state index contributed by atoms with van der Waals surface area (Å²) in [6, 6.07) is 5.59. The van der Waals surface area contributed by atoms with E-state index >= 15 is 0 Å². The number of allylic oxidation sites excluding steroid dienone is 6. The summed E-state index contributed by atoms with van der Waals surface area (Å²) in [5, 5.41) is 86.3. The highest BCUT2D eigenvalue weighted by Crippen LogP contribution is 2.43. The SMILES string of the molecule is CO[C@H]1C[C@@H](C)C/C(C)=C/[C@@H](CCOC(=O)NCc2ccc(CNC(=O)OCC[C@H](/C=C(\C)C[C@H](C)C[C@H](OC)C3O[C@@](O)(C(=O)C(=O)N4CCCC[C@H]4C=O)[C@H](C)C[C@H]3OC)C(=O)C[C@H](O)[C@@H](C)C(O)/C(C)=C/[C@@H]3CC[C@@H](O)[C@H](OC)C3)cc2)C(=O)C[C@H](O)[C@@H](C)C(/C(C)=C/[C@@H]2CC[C@@H](O)[C@H](OC)C2)OOC[C@@H]2CCCCN2C(=O)C(=O)[C@]2(O)OC1[C@H](OC)C[C@H]2C. The number of aliphatic hydroxyl groups excluding tert-OH is 5. The maximum Gasteiger partial charge on any atom is 0.407 e. The number of amides is 4. The van der Waals surface area contributed by atoms with Crippen molar-refractivity contribution >= 4 is 53.4 Å². The van der Waals surface area contributed by atoms with E-state index in [1.165, 1.54) is 38.2 Å². The molecule has 0 radical (unpaired) electrons. The number of hydrogen-bond donors (Lipinski definition) is 9. The van der Waals surface area contributed by atoms with Crippen molar-refractivity contribution in [1.29, 1.82) is 0 Å². The maximum absolute atomic E-state index is 14.8. The summed E-state index contributed by atoms with van der Waals surface area (Å²) < 4.78 is 59.0. The summed E-state index contributed by atoms with van der Waals surface area (Å²) in [4.78, 5) is 140. The van der Waals surface area contributed by atoms with E-state index in [-0.39, 0.29) is 126 Å². The molecule has 32 heteroatoms. The number of hydrogen-bond acceptors (Lipinski definition) is 28. The minimum absolute atomic E-state index is 0.0196. The van der Waals surface area contributed by atoms with Crippen LogP contribution in [-0.2, 0) is 104 Å². The predicted molar refractivity (Wildman–Crippen MR) is 471 cm³/mol. The maximum atomic E-state index is 14.8. The van der Waals surface area contributed by atoms with Gasteiger partial charge in [-0.3, -0.25) is 28.8 Å². The fourth-order valence-corrected chi connectivity index (χ4v) is 19.9. The quantitative estimate of drug-likeness (QED) is 0.0134. The van der Waals surface area contributed by atoms with Crippen molar-refractivity contribution in [3.05, 3.63) is 82.0 Å². The van der Waals surface area contributed by atoms with Crippen LogP contribution in [0, 0.1) is 59.2 Å². The number of carbonyl (C=O) groups is 9. The van der Waals surface area contributed by atoms with Crippen LogP contribution in [0.15, 0.2) is 70.9 Å². The Balaban J connectivity index is 0.902. The zero-order valence-corrected chi connectivity index (χ0v) is 78.3. The molecule has 28 atom stereocenters. The highest BCUT2D eigenvalue weighted by Gasteiger charge is 2.58. The highest BCUT2D eigenvalue weighted by atomic mass is 17.2. The topological polar surface area (TPSA) is 437 Å². The number of fused-ring (bicyclic) bond motifs is 3. The number of piperidine rings is 2. The fraction of sp³-hybridized carbons (Fsp3) is 0.760. The van der Waals surface area contributed by atoms with E-state index in [1.807, 2.05) is 52.8 Å². The number of likely N-dealkylation sites (tertiary alicyclic amines) is 1. The predicted octanol–water partition coefficient (Wildman–Crippen LogP) is 9.11. The smallest absolute Gasteiger partial charge is 0.407 e. The molecule has 8 rings (SSSR count). The summed E-state index contributed by atoms with van der Waals surface area (Å²) in [5.74, 6) is -15.3. The fourth-order valence-electron chi connectivity index (χ4n) is 19.9. The lowest BCUT2D eigenvalue weighted by molar-refractivity contribution is -0.333. The number of nitrogens with one attached hydrogen (secondary N) is 2. The molecule has 2 aliphatic carbocycles. The molecule has 128 heavy (non-hydrogen) atoms. The van der Waals surface area contributed by atoms with E-state index in [0.717, 1.165) is 11.1 Å². The molecule has 722 valence electrons. The number of aldehydes is 1. The molecule has 0 spiro atoms. The Morgan fingerprint density at radius 2 is 1.24 bits per heavy atom. The van der Waals surface area contributed by atoms with Crippen LogP contribution in [-0.4, -0.2) is 284 Å². The molecule has 1 aromatic rings. The van der Waals surface area contributed by atoms with Crippen LogP contribution >= 0.6 is 0 Å². The Morgan fingerprint density at radius 1 is 0.664 bits per heavy atom. The molecule has 5 aliphatic heterocycles. The van der Waals surface area contributed by atoms with Crippen molar-refractivity contribution in [2.45, 2.75) is 333 Å². The zero-order chi connectivity index (χ0) is 94.0. The second-order valence-corrected chi connectivity index (χ2v) is 37.7. The number of carbonyl (C=O) groups excluding carboxylic acids is 9. The van der Waals surface area contributed by atoms with Crippen molar-refractivity contribution in [2.75, 3.05) is 75.6 Å². The van der Waals surface area contributed by atoms with Gasteiger partial charge in [-0.2, -0.15) is 0 Å². The Hall–Kier alpha value is -6.67. The molecule has 32 nitrogen and oxygen atoms in total. The minimum atomic E-state index is -2.55. The molecule has 4 saturated heterocycles. The van der Waals surface area contributed by atoms with Crippen molar-refractivity contribution in [3.8, 4) is 0 Å². The second kappa shape index (κ2) is 51.0. The van der Waals surface area contributed by atoms with Gasteiger partial charge in [-0.15, -0.1) is 0 Å². The third-order valence-corrected chi connectivity index (χ3v) is 27.9. The molecule has 4 unspecified atom stereocenters. The largest absolute Gasteiger partial charge is 0.450 e. The van der Waals surface area contributed by atoms with Gasteiger partial charge in [0.2, 0.25) is 11.6 Å². The molecular formula is C96H150N4O28. The van der Waals surface area contributed by atoms with Crippen molar-refractivity contribution < 1.29 is 136 Å². The Labute approximate surface area is 755 Å². The molecule has 1 aromatic carbocycles. The lowest BCUT2D eigenvalue weighted by Crippen LogP contribution is -2.64. The Morgan fingerprint density at radius 3 is 1.84 bits per heavy atom. The van der Waals surface area contributed by atoms with Gasteiger partial charge >= 0.3 is 12.2 Å². The minimum Gasteiger partial charge on any atom is -0.450 e. The average Bonchev–Trinajstić information content (AvgIpc) is 0.762. The summed E-state index contributed by atoms with van der Waals surface area (Å²) in [6.45, 7) is 17.8. The number of ether oxygens (including phenoxy) is 10. The summed E-state index contributed by atoms with van der Waals surface area (Å²) in [7, 11) is 9.06. The lowest BCUT2D eigenvalue weighted by Gasteiger charge is -2.47. The van der Waals surface area contributed by atoms with Gasteiger partial charge in [-0.25, -0.2) is 19.4 Å². The van der Waals surface area contributed by atoms with Gasteiger partial charge in [-0.05, 0) is 202 Å². The van der Waals surface area contributed by atoms with Gasteiger partial charge in [-0.1, -0.05) is 101 Å². The lowest BCUT2D eigenvalue weighted by atomic mass is 9.81. The van der Waals surface area contributed by atoms with E-state index in [0.29, 0.717) is 131 Å². The number of alkyl carbamates (subject to hydrolysis) is 2. The highest BCUT2D eigenvalue weighted by molar-refractivity contribution is 6.39. The van der Waals surface area contributed by atoms with Gasteiger partial charge in [0.25, 0.3) is 23.4 Å². The normalized spacial score (nSPS) is 34.0. The number of rotatable bonds is 34. The van der Waals surface area contributed by atoms with E-state index in [9.17, 15) is 78.9 Å². The van der Waals surface area contributed by atoms with Gasteiger partial charge in [0, 0.05) is 117 Å². The molecule has 0 aromatic heterocycles. The standard InChI is InChI=1S/C96H150N4O28/c1-55(37-57(3)41-81(119-13)87-83(121-15)45-61(7)95(115,126-87)89(109)91(111)99-33-19-17-21-71(99)53-101)39-69(77(106)49-75(104)63(9)85(108)59(5)43-67-27-29-73(102)79(47-67)117-11)31-35-123-93(113)97-51-65-23-25-66(26-24-65)52-98-94(114)124-36-32-70-40-56(2)38-58(4)42-82(120-14)88-84(122-16)46-62(8)96(116,127-88)90(110)92(112)100-34-20-18-22-72(100)54-125-128-86(64(10)76(105)50-78(70)107)60(6)44-68-28-30-74(103)80(48-68)118-12/h23-26,39-40,43-44,53,57-58,61-64,67-76,79-88,102-105,108,115-116H,17-22,27-38,41-42,45-52,54H2,1-16H3,(H,97,113)(H,98,114)/b55-39+,56-40+,59-43+,60-44+/t57-,58-,61+,62+,63+,64+,67-,68-,69+,70+,71-,72-,73+,74+,75-,76-,79+,80+,81-,82-,83+,84+,85?,86?,87?,88?,95+,96+/m0/s1. The number of ketones is 4. The Kier molecular flexibility index (Phi) is 42.5. The van der Waals surface area contributed by atoms with Crippen molar-refractivity contribution in [2.24, 2.45) is 59.2 Å². The third kappa shape index (κ3) is 29.2. The van der Waals surface area contributed by atoms with Crippen LogP contribution in [0.5, 0.6) is 0 Å². The van der Waals surface area contributed by atoms with Crippen LogP contribution in [0.2, 0.25) is 0 Å². The van der Waals surface area contributed by atoms with Crippen LogP contribution in [0.25, 0.3) is 0 Å². The number of Topliss-reactive ketones (excluding diaryl/α,β-unsaturated/α-hetero) is 4. The van der Waals surface area contributed by atoms with E-state index in [1.54, 1.807) is 79.2 Å². The first-order chi connectivity index (χ1) is 60.8. The number of benzene rings is 1. The molecule has 5 heterocycles. The van der Waals surface area contributed by atoms with E-state index < -0.39 is 174 Å². The molecule has 9 N–H and O–H groups in total. The summed E-state index contributed by atoms with van der Waals surface area (Å²) in [6.07, 6.45) is 3.42. The Bertz CT molecular complexity index is 3900. The molecule has 4 amide bonds. The van der Waals surface area contributed by atoms with Crippen LogP contribution in [0.1, 0.15) is 222 Å². The van der Waals surface area contributed by atoms with Crippen LogP contribution in [0.4, 0.5) is 9.59 Å². The number of methoxy groups -OCH3 is 6. The van der Waals surface area contributed by atoms with Crippen molar-refractivity contribution in [3.63, 3.8) is 0 Å². The van der Waals surface area contributed by atoms with E-state index in [2.05, 4.69) is 10.6 Å². The van der Waals surface area contributed by atoms with Gasteiger partial charge in [0.1, 0.15) is 42.8 Å². The number of nitrogens with zero attached hydrogens (tertiary/aromatic N) is 2. The second-order valence-electron chi connectivity index (χ2n) is 37.7. The summed E-state index contributed by atoms with van der Waals surface area (Å²) >= 11 is 0. The van der Waals surface area contributed by atoms with Crippen molar-refractivity contribution in [1.82, 2.24) is 20.4 Å². The first-order valence-corrected chi connectivity index (χ1v) is 46.3. The van der Waals surface area contributed by atoms with Gasteiger partial charge in [0.05, 0.1) is 92.4 Å². The van der Waals surface area contributed by atoms with Crippen LogP contribution < -0.4 is 10.6 Å². The summed E-state index contributed by atoms with van der Waals surface area (Å²) in [5.41, 5.74) is 4.24. The van der Waals surface area contributed by atoms with Gasteiger partial charge < -0.3 is 108 Å². The monoisotopic (exact) mass is 1810 g/mol. The molecule has 2 bridgehead atoms. The van der Waals surface area contributed by atoms with E-state index in [4.69, 9.17) is 57.1 Å². The first-order valence-electron chi connectivity index (χ1n) is 46.3. The number of aliphatic hydroxyl groups is 7. The molecular weight excluding hydrogens is 1660 g/mol. The molecule has 2 saturated carbocycles. The molecule has 6 fully saturated rings. The molecule has 7 aliphatic rings. The first kappa shape index (κ1) is 107. The average molecular weight is 1810 g/mol. The zero-order valence-electron chi connectivity index (χ0n) is 78.3. The third-order valence-electron chi connectivity index (χ3n) is 27.9. The van der Waals surface area contributed by atoms with Crippen LogP contribution in [0.3, 0.4) is 0 Å².